The maximum absolute atomic E-state index is 15.1. The lowest BCUT2D eigenvalue weighted by atomic mass is 9.77. The molecule has 0 bridgehead atoms. The number of halogens is 1. The van der Waals surface area contributed by atoms with Gasteiger partial charge in [-0.25, -0.2) is 4.39 Å². The molecule has 0 nitrogen and oxygen atoms in total. The van der Waals surface area contributed by atoms with Crippen LogP contribution in [0.15, 0.2) is 42.5 Å². The zero-order valence-corrected chi connectivity index (χ0v) is 22.5. The van der Waals surface area contributed by atoms with Gasteiger partial charge in [0.1, 0.15) is 5.82 Å². The second kappa shape index (κ2) is 12.3. The van der Waals surface area contributed by atoms with E-state index >= 15 is 4.39 Å². The second-order valence-corrected chi connectivity index (χ2v) is 13.5. The first-order chi connectivity index (χ1) is 16.2. The van der Waals surface area contributed by atoms with Gasteiger partial charge >= 0.3 is 0 Å². The molecule has 33 heavy (non-hydrogen) atoms. The molecule has 0 aliphatic heterocycles. The summed E-state index contributed by atoms with van der Waals surface area (Å²) in [4.78, 5) is 0. The Kier molecular flexibility index (Phi) is 9.24. The summed E-state index contributed by atoms with van der Waals surface area (Å²) in [6.07, 6.45) is 14.7. The fourth-order valence-corrected chi connectivity index (χ4v) is 7.98. The maximum Gasteiger partial charge on any atom is 0.131 e. The Bertz CT molecular complexity index is 842. The zero-order valence-electron chi connectivity index (χ0n) is 21.1. The summed E-state index contributed by atoms with van der Waals surface area (Å²) in [5, 5.41) is 0. The van der Waals surface area contributed by atoms with Gasteiger partial charge in [0, 0.05) is 15.1 Å². The van der Waals surface area contributed by atoms with Crippen molar-refractivity contribution >= 4 is 9.52 Å². The number of hydrogen-bond acceptors (Lipinski definition) is 0. The normalized spacial score (nSPS) is 26.2. The third-order valence-electron chi connectivity index (χ3n) is 8.76. The van der Waals surface area contributed by atoms with Gasteiger partial charge in [-0.3, -0.25) is 0 Å². The van der Waals surface area contributed by atoms with E-state index in [0.717, 1.165) is 23.0 Å². The number of benzene rings is 2. The Hall–Kier alpha value is -1.41. The molecular weight excluding hydrogens is 419 g/mol. The summed E-state index contributed by atoms with van der Waals surface area (Å²) in [5.41, 5.74) is 4.45. The first-order valence-electron chi connectivity index (χ1n) is 14.1. The van der Waals surface area contributed by atoms with E-state index in [4.69, 9.17) is 0 Å². The smallest absolute Gasteiger partial charge is 0.131 e. The summed E-state index contributed by atoms with van der Waals surface area (Å²) in [6, 6.07) is 17.9. The van der Waals surface area contributed by atoms with Crippen molar-refractivity contribution in [2.45, 2.75) is 108 Å². The summed E-state index contributed by atoms with van der Waals surface area (Å²) >= 11 is 0. The molecule has 2 aliphatic rings. The lowest BCUT2D eigenvalue weighted by molar-refractivity contribution is 0.308. The highest BCUT2D eigenvalue weighted by molar-refractivity contribution is 6.35. The molecule has 0 aromatic heterocycles. The lowest BCUT2D eigenvalue weighted by Crippen LogP contribution is -2.14. The molecular formula is C31H45FSi. The third kappa shape index (κ3) is 6.59. The van der Waals surface area contributed by atoms with Crippen molar-refractivity contribution in [3.63, 3.8) is 0 Å². The first kappa shape index (κ1) is 24.7. The van der Waals surface area contributed by atoms with Gasteiger partial charge in [-0.05, 0) is 97.8 Å². The van der Waals surface area contributed by atoms with Crippen molar-refractivity contribution in [1.82, 2.24) is 0 Å². The number of hydrogen-bond donors (Lipinski definition) is 0. The van der Waals surface area contributed by atoms with E-state index < -0.39 is 0 Å². The van der Waals surface area contributed by atoms with Gasteiger partial charge in [0.05, 0.1) is 0 Å². The van der Waals surface area contributed by atoms with Crippen LogP contribution in [-0.4, -0.2) is 9.52 Å². The molecule has 0 amide bonds. The van der Waals surface area contributed by atoms with Crippen LogP contribution in [0.1, 0.15) is 107 Å². The van der Waals surface area contributed by atoms with Crippen molar-refractivity contribution in [2.75, 3.05) is 0 Å². The van der Waals surface area contributed by atoms with E-state index in [1.165, 1.54) is 93.8 Å². The van der Waals surface area contributed by atoms with E-state index in [0.29, 0.717) is 11.8 Å². The van der Waals surface area contributed by atoms with E-state index in [-0.39, 0.29) is 15.3 Å². The van der Waals surface area contributed by atoms with E-state index in [1.807, 2.05) is 12.1 Å². The highest BCUT2D eigenvalue weighted by Crippen LogP contribution is 2.40. The Balaban J connectivity index is 1.34. The standard InChI is InChI=1S/C31H45FSi/c1-3-5-23-6-10-25(11-7-23)26-14-16-28(17-15-26)30-19-18-29(22-31(30)32)27-12-8-24(9-13-27)20-21-33-4-2/h14-19,22-25,27H,3-13,20-21,33H2,1-2H3/t23-,24-,25-,27-. The van der Waals surface area contributed by atoms with Crippen molar-refractivity contribution in [1.29, 1.82) is 0 Å². The summed E-state index contributed by atoms with van der Waals surface area (Å²) in [6.45, 7) is 4.65. The Morgan fingerprint density at radius 2 is 1.30 bits per heavy atom. The predicted octanol–water partition coefficient (Wildman–Crippen LogP) is 9.26. The molecule has 2 aliphatic carbocycles. The van der Waals surface area contributed by atoms with Crippen LogP contribution in [0.25, 0.3) is 11.1 Å². The van der Waals surface area contributed by atoms with Crippen molar-refractivity contribution < 1.29 is 4.39 Å². The molecule has 0 heterocycles. The van der Waals surface area contributed by atoms with Gasteiger partial charge in [-0.2, -0.15) is 0 Å². The molecule has 2 aromatic rings. The van der Waals surface area contributed by atoms with Crippen molar-refractivity contribution in [3.05, 3.63) is 59.4 Å². The van der Waals surface area contributed by atoms with Crippen LogP contribution in [0.2, 0.25) is 12.1 Å². The summed E-state index contributed by atoms with van der Waals surface area (Å²) in [7, 11) is 0.215. The van der Waals surface area contributed by atoms with Crippen molar-refractivity contribution in [2.24, 2.45) is 11.8 Å². The summed E-state index contributed by atoms with van der Waals surface area (Å²) < 4.78 is 15.1. The molecule has 2 saturated carbocycles. The average Bonchev–Trinajstić information content (AvgIpc) is 2.85. The fourth-order valence-electron chi connectivity index (χ4n) is 6.61. The highest BCUT2D eigenvalue weighted by Gasteiger charge is 2.24. The van der Waals surface area contributed by atoms with E-state index in [1.54, 1.807) is 0 Å². The Morgan fingerprint density at radius 1 is 0.727 bits per heavy atom. The Morgan fingerprint density at radius 3 is 1.88 bits per heavy atom. The second-order valence-electron chi connectivity index (χ2n) is 11.1. The lowest BCUT2D eigenvalue weighted by Gasteiger charge is -2.29. The van der Waals surface area contributed by atoms with Crippen LogP contribution < -0.4 is 0 Å². The van der Waals surface area contributed by atoms with Crippen LogP contribution >= 0.6 is 0 Å². The molecule has 4 rings (SSSR count). The van der Waals surface area contributed by atoms with E-state index in [9.17, 15) is 0 Å². The average molecular weight is 465 g/mol. The number of rotatable bonds is 9. The minimum absolute atomic E-state index is 0.0450. The molecule has 2 fully saturated rings. The van der Waals surface area contributed by atoms with Gasteiger partial charge in [-0.1, -0.05) is 81.6 Å². The largest absolute Gasteiger partial charge is 0.206 e. The summed E-state index contributed by atoms with van der Waals surface area (Å²) in [5.74, 6) is 3.08. The predicted molar refractivity (Wildman–Crippen MR) is 145 cm³/mol. The molecule has 2 aromatic carbocycles. The van der Waals surface area contributed by atoms with Crippen LogP contribution in [0.5, 0.6) is 0 Å². The molecule has 0 unspecified atom stereocenters. The Labute approximate surface area is 204 Å². The van der Waals surface area contributed by atoms with Crippen LogP contribution in [0.3, 0.4) is 0 Å². The van der Waals surface area contributed by atoms with Crippen LogP contribution in [0.4, 0.5) is 4.39 Å². The molecule has 2 heteroatoms. The fraction of sp³-hybridized carbons (Fsp3) is 0.613. The monoisotopic (exact) mass is 464 g/mol. The van der Waals surface area contributed by atoms with Gasteiger partial charge < -0.3 is 0 Å². The quantitative estimate of drug-likeness (QED) is 0.256. The maximum atomic E-state index is 15.1. The van der Waals surface area contributed by atoms with Crippen LogP contribution in [0, 0.1) is 17.7 Å². The van der Waals surface area contributed by atoms with Gasteiger partial charge in [0.2, 0.25) is 0 Å². The van der Waals surface area contributed by atoms with Gasteiger partial charge in [-0.15, -0.1) is 0 Å². The molecule has 0 spiro atoms. The molecule has 0 atom stereocenters. The molecule has 0 saturated heterocycles. The molecule has 0 N–H and O–H groups in total. The minimum atomic E-state index is -0.0450. The van der Waals surface area contributed by atoms with Crippen molar-refractivity contribution in [3.8, 4) is 11.1 Å². The highest BCUT2D eigenvalue weighted by atomic mass is 28.2. The van der Waals surface area contributed by atoms with Gasteiger partial charge in [0.25, 0.3) is 0 Å². The third-order valence-corrected chi connectivity index (χ3v) is 10.4. The zero-order chi connectivity index (χ0) is 23.0. The van der Waals surface area contributed by atoms with Gasteiger partial charge in [0.15, 0.2) is 0 Å². The molecule has 180 valence electrons. The SMILES string of the molecule is CCC[C@H]1CC[C@H](c2ccc(-c3ccc([C@H]4CC[C@H](CC[SiH2]CC)CC4)cc3F)cc2)CC1. The van der Waals surface area contributed by atoms with Crippen LogP contribution in [-0.2, 0) is 0 Å². The topological polar surface area (TPSA) is 0 Å². The first-order valence-corrected chi connectivity index (χ1v) is 16.1. The molecule has 0 radical (unpaired) electrons. The minimum Gasteiger partial charge on any atom is -0.206 e. The van der Waals surface area contributed by atoms with E-state index in [2.05, 4.69) is 44.2 Å².